The number of nitrogens with two attached hydrogens (primary N) is 1. The highest BCUT2D eigenvalue weighted by molar-refractivity contribution is 5.94. The van der Waals surface area contributed by atoms with Crippen molar-refractivity contribution < 1.29 is 4.79 Å². The van der Waals surface area contributed by atoms with Gasteiger partial charge in [-0.25, -0.2) is 4.98 Å². The van der Waals surface area contributed by atoms with E-state index in [1.807, 2.05) is 38.2 Å². The normalized spacial score (nSPS) is 12.0. The minimum absolute atomic E-state index is 0.157. The first-order valence-electron chi connectivity index (χ1n) is 10.2. The molecule has 156 valence electrons. The van der Waals surface area contributed by atoms with E-state index in [0.717, 1.165) is 33.3 Å². The molecule has 0 fully saturated rings. The average Bonchev–Trinajstić information content (AvgIpc) is 2.75. The van der Waals surface area contributed by atoms with Crippen molar-refractivity contribution in [2.75, 3.05) is 5.73 Å². The second-order valence-corrected chi connectivity index (χ2v) is 7.86. The number of anilines is 1. The Morgan fingerprint density at radius 1 is 1.06 bits per heavy atom. The minimum atomic E-state index is -0.277. The Morgan fingerprint density at radius 2 is 1.84 bits per heavy atom. The highest BCUT2D eigenvalue weighted by Gasteiger charge is 2.20. The van der Waals surface area contributed by atoms with Gasteiger partial charge in [0.1, 0.15) is 5.82 Å². The average molecular weight is 412 g/mol. The smallest absolute Gasteiger partial charge is 0.251 e. The third-order valence-corrected chi connectivity index (χ3v) is 5.49. The Hall–Kier alpha value is -3.80. The molecular weight excluding hydrogens is 386 g/mol. The van der Waals surface area contributed by atoms with Crippen molar-refractivity contribution in [3.05, 3.63) is 94.6 Å². The number of aryl methyl sites for hydroxylation is 3. The number of hydrogen-bond donors (Lipinski definition) is 2. The lowest BCUT2D eigenvalue weighted by atomic mass is 9.94. The SMILES string of the molecule is Cc1ccc2ncc(C(Cc3c(C)cc(N)nc3C)NC(=O)c3ccncc3)cc2c1. The van der Waals surface area contributed by atoms with Crippen LogP contribution in [0.15, 0.2) is 61.1 Å². The number of nitrogens with zero attached hydrogens (tertiary/aromatic N) is 3. The van der Waals surface area contributed by atoms with E-state index in [1.54, 1.807) is 24.5 Å². The lowest BCUT2D eigenvalue weighted by molar-refractivity contribution is 0.0936. The summed E-state index contributed by atoms with van der Waals surface area (Å²) in [6.45, 7) is 6.02. The van der Waals surface area contributed by atoms with Crippen LogP contribution in [0.5, 0.6) is 0 Å². The van der Waals surface area contributed by atoms with E-state index >= 15 is 0 Å². The predicted octanol–water partition coefficient (Wildman–Crippen LogP) is 4.25. The topological polar surface area (TPSA) is 93.8 Å². The molecular formula is C25H25N5O. The molecule has 0 saturated carbocycles. The van der Waals surface area contributed by atoms with Gasteiger partial charge in [-0.05, 0) is 80.3 Å². The Labute approximate surface area is 181 Å². The molecule has 1 atom stereocenters. The maximum absolute atomic E-state index is 13.0. The van der Waals surface area contributed by atoms with Gasteiger partial charge >= 0.3 is 0 Å². The number of aromatic nitrogens is 3. The number of nitrogen functional groups attached to an aromatic ring is 1. The monoisotopic (exact) mass is 411 g/mol. The predicted molar refractivity (Wildman–Crippen MR) is 123 cm³/mol. The van der Waals surface area contributed by atoms with Gasteiger partial charge in [-0.1, -0.05) is 11.6 Å². The quantitative estimate of drug-likeness (QED) is 0.512. The summed E-state index contributed by atoms with van der Waals surface area (Å²) < 4.78 is 0. The maximum Gasteiger partial charge on any atom is 0.251 e. The van der Waals surface area contributed by atoms with Gasteiger partial charge in [0.15, 0.2) is 0 Å². The number of carbonyl (C=O) groups is 1. The number of pyridine rings is 3. The molecule has 6 nitrogen and oxygen atoms in total. The van der Waals surface area contributed by atoms with E-state index in [2.05, 4.69) is 39.3 Å². The summed E-state index contributed by atoms with van der Waals surface area (Å²) in [6.07, 6.45) is 5.65. The first-order valence-corrected chi connectivity index (χ1v) is 10.2. The molecule has 3 heterocycles. The van der Waals surface area contributed by atoms with Crippen molar-refractivity contribution >= 4 is 22.6 Å². The van der Waals surface area contributed by atoms with Crippen LogP contribution >= 0.6 is 0 Å². The number of hydrogen-bond acceptors (Lipinski definition) is 5. The van der Waals surface area contributed by atoms with Gasteiger partial charge in [0.2, 0.25) is 0 Å². The highest BCUT2D eigenvalue weighted by atomic mass is 16.1. The van der Waals surface area contributed by atoms with E-state index in [-0.39, 0.29) is 11.9 Å². The number of carbonyl (C=O) groups excluding carboxylic acids is 1. The molecule has 4 rings (SSSR count). The van der Waals surface area contributed by atoms with Crippen molar-refractivity contribution in [1.29, 1.82) is 0 Å². The van der Waals surface area contributed by atoms with Gasteiger partial charge in [-0.2, -0.15) is 0 Å². The second-order valence-electron chi connectivity index (χ2n) is 7.86. The standard InChI is InChI=1S/C25H25N5O/c1-15-4-5-22-19(10-15)12-20(14-28-22)23(30-25(31)18-6-8-27-9-7-18)13-21-16(2)11-24(26)29-17(21)3/h4-12,14,23H,13H2,1-3H3,(H2,26,29)(H,30,31). The van der Waals surface area contributed by atoms with E-state index in [9.17, 15) is 4.79 Å². The molecule has 4 aromatic rings. The van der Waals surface area contributed by atoms with Crippen LogP contribution in [0, 0.1) is 20.8 Å². The molecule has 0 radical (unpaired) electrons. The van der Waals surface area contributed by atoms with E-state index in [1.165, 1.54) is 5.56 Å². The number of benzene rings is 1. The van der Waals surface area contributed by atoms with E-state index < -0.39 is 0 Å². The molecule has 1 unspecified atom stereocenters. The molecule has 0 bridgehead atoms. The van der Waals surface area contributed by atoms with Gasteiger partial charge in [0.25, 0.3) is 5.91 Å². The first-order chi connectivity index (χ1) is 14.9. The van der Waals surface area contributed by atoms with Crippen molar-refractivity contribution in [2.24, 2.45) is 0 Å². The lowest BCUT2D eigenvalue weighted by Crippen LogP contribution is -2.30. The molecule has 0 saturated heterocycles. The lowest BCUT2D eigenvalue weighted by Gasteiger charge is -2.22. The van der Waals surface area contributed by atoms with Gasteiger partial charge < -0.3 is 11.1 Å². The van der Waals surface area contributed by atoms with Crippen LogP contribution in [-0.4, -0.2) is 20.9 Å². The summed E-state index contributed by atoms with van der Waals surface area (Å²) in [5, 5.41) is 4.23. The Bertz CT molecular complexity index is 1230. The van der Waals surface area contributed by atoms with Gasteiger partial charge in [-0.3, -0.25) is 14.8 Å². The van der Waals surface area contributed by atoms with Crippen LogP contribution in [0.25, 0.3) is 10.9 Å². The molecule has 3 N–H and O–H groups in total. The number of amides is 1. The van der Waals surface area contributed by atoms with Crippen LogP contribution in [0.3, 0.4) is 0 Å². The molecule has 1 amide bonds. The molecule has 0 aliphatic heterocycles. The second kappa shape index (κ2) is 8.52. The highest BCUT2D eigenvalue weighted by Crippen LogP contribution is 2.26. The zero-order chi connectivity index (χ0) is 22.0. The fraction of sp³-hybridized carbons (Fsp3) is 0.200. The van der Waals surface area contributed by atoms with Crippen molar-refractivity contribution in [2.45, 2.75) is 33.2 Å². The van der Waals surface area contributed by atoms with Crippen LogP contribution < -0.4 is 11.1 Å². The maximum atomic E-state index is 13.0. The van der Waals surface area contributed by atoms with Crippen molar-refractivity contribution in [3.63, 3.8) is 0 Å². The summed E-state index contributed by atoms with van der Waals surface area (Å²) in [7, 11) is 0. The Balaban J connectivity index is 1.74. The van der Waals surface area contributed by atoms with Crippen molar-refractivity contribution in [1.82, 2.24) is 20.3 Å². The molecule has 0 aliphatic carbocycles. The third-order valence-electron chi connectivity index (χ3n) is 5.49. The van der Waals surface area contributed by atoms with Crippen LogP contribution in [-0.2, 0) is 6.42 Å². The summed E-state index contributed by atoms with van der Waals surface area (Å²) in [5.41, 5.74) is 12.5. The fourth-order valence-corrected chi connectivity index (χ4v) is 3.86. The van der Waals surface area contributed by atoms with Gasteiger partial charge in [-0.15, -0.1) is 0 Å². The zero-order valence-electron chi connectivity index (χ0n) is 17.9. The van der Waals surface area contributed by atoms with E-state index in [0.29, 0.717) is 17.8 Å². The first kappa shape index (κ1) is 20.5. The minimum Gasteiger partial charge on any atom is -0.384 e. The summed E-state index contributed by atoms with van der Waals surface area (Å²) in [5.74, 6) is 0.342. The van der Waals surface area contributed by atoms with Crippen LogP contribution in [0.1, 0.15) is 44.3 Å². The molecule has 31 heavy (non-hydrogen) atoms. The third kappa shape index (κ3) is 4.53. The molecule has 0 aliphatic rings. The Morgan fingerprint density at radius 3 is 2.58 bits per heavy atom. The molecule has 3 aromatic heterocycles. The molecule has 0 spiro atoms. The summed E-state index contributed by atoms with van der Waals surface area (Å²) in [4.78, 5) is 26.0. The fourth-order valence-electron chi connectivity index (χ4n) is 3.86. The zero-order valence-corrected chi connectivity index (χ0v) is 17.9. The van der Waals surface area contributed by atoms with Crippen molar-refractivity contribution in [3.8, 4) is 0 Å². The van der Waals surface area contributed by atoms with Crippen LogP contribution in [0.2, 0.25) is 0 Å². The number of rotatable bonds is 5. The summed E-state index contributed by atoms with van der Waals surface area (Å²) >= 11 is 0. The number of fused-ring (bicyclic) bond motifs is 1. The molecule has 1 aromatic carbocycles. The van der Waals surface area contributed by atoms with Gasteiger partial charge in [0, 0.05) is 35.2 Å². The number of nitrogens with one attached hydrogen (secondary N) is 1. The van der Waals surface area contributed by atoms with Crippen LogP contribution in [0.4, 0.5) is 5.82 Å². The van der Waals surface area contributed by atoms with Gasteiger partial charge in [0.05, 0.1) is 11.6 Å². The largest absolute Gasteiger partial charge is 0.384 e. The van der Waals surface area contributed by atoms with E-state index in [4.69, 9.17) is 5.73 Å². The Kier molecular flexibility index (Phi) is 5.62. The summed E-state index contributed by atoms with van der Waals surface area (Å²) in [6, 6.07) is 13.3. The molecule has 6 heteroatoms.